The summed E-state index contributed by atoms with van der Waals surface area (Å²) in [6, 6.07) is 14.0. The van der Waals surface area contributed by atoms with Crippen molar-refractivity contribution in [3.05, 3.63) is 53.6 Å². The summed E-state index contributed by atoms with van der Waals surface area (Å²) in [5.41, 5.74) is 0.414. The van der Waals surface area contributed by atoms with Gasteiger partial charge in [-0.05, 0) is 55.5 Å². The average molecular weight is 443 g/mol. The van der Waals surface area contributed by atoms with Gasteiger partial charge in [0.1, 0.15) is 12.3 Å². The third-order valence-corrected chi connectivity index (χ3v) is 6.04. The van der Waals surface area contributed by atoms with Crippen LogP contribution in [0.5, 0.6) is 5.75 Å². The van der Waals surface area contributed by atoms with Gasteiger partial charge in [-0.15, -0.1) is 11.8 Å². The highest BCUT2D eigenvalue weighted by Gasteiger charge is 2.20. The van der Waals surface area contributed by atoms with Crippen molar-refractivity contribution < 1.29 is 17.9 Å². The lowest BCUT2D eigenvalue weighted by Crippen LogP contribution is -2.41. The lowest BCUT2D eigenvalue weighted by atomic mass is 10.3. The van der Waals surface area contributed by atoms with E-state index in [0.29, 0.717) is 35.4 Å². The van der Waals surface area contributed by atoms with Crippen LogP contribution in [0.1, 0.15) is 6.92 Å². The molecule has 2 aromatic rings. The molecule has 0 spiro atoms. The molecule has 0 atom stereocenters. The number of ether oxygens (including phenoxy) is 1. The molecular formula is C19H23ClN2O4S2. The fourth-order valence-corrected chi connectivity index (χ4v) is 4.10. The minimum atomic E-state index is -3.60. The van der Waals surface area contributed by atoms with Crippen LogP contribution in [0.3, 0.4) is 0 Å². The van der Waals surface area contributed by atoms with Gasteiger partial charge >= 0.3 is 0 Å². The molecule has 28 heavy (non-hydrogen) atoms. The summed E-state index contributed by atoms with van der Waals surface area (Å²) >= 11 is 7.43. The van der Waals surface area contributed by atoms with Crippen LogP contribution in [-0.4, -0.2) is 46.0 Å². The van der Waals surface area contributed by atoms with E-state index < -0.39 is 10.0 Å². The summed E-state index contributed by atoms with van der Waals surface area (Å²) in [5.74, 6) is 0.939. The van der Waals surface area contributed by atoms with Gasteiger partial charge in [0.05, 0.1) is 18.6 Å². The molecule has 0 aliphatic heterocycles. The molecule has 0 heterocycles. The lowest BCUT2D eigenvalue weighted by molar-refractivity contribution is -0.119. The van der Waals surface area contributed by atoms with Gasteiger partial charge in [-0.3, -0.25) is 9.10 Å². The highest BCUT2D eigenvalue weighted by atomic mass is 35.5. The molecule has 0 saturated heterocycles. The Hall–Kier alpha value is -1.90. The van der Waals surface area contributed by atoms with E-state index in [1.54, 1.807) is 36.0 Å². The van der Waals surface area contributed by atoms with Crippen molar-refractivity contribution in [2.75, 3.05) is 36.0 Å². The van der Waals surface area contributed by atoms with Crippen LogP contribution in [0.4, 0.5) is 5.69 Å². The molecule has 152 valence electrons. The minimum Gasteiger partial charge on any atom is -0.494 e. The van der Waals surface area contributed by atoms with Crippen LogP contribution in [-0.2, 0) is 14.8 Å². The first-order valence-corrected chi connectivity index (χ1v) is 11.9. The molecule has 1 N–H and O–H groups in total. The lowest BCUT2D eigenvalue weighted by Gasteiger charge is -2.22. The van der Waals surface area contributed by atoms with Crippen molar-refractivity contribution in [3.8, 4) is 5.75 Å². The molecule has 0 saturated carbocycles. The first-order valence-electron chi connectivity index (χ1n) is 8.65. The fraction of sp³-hybridized carbons (Fsp3) is 0.316. The molecule has 0 unspecified atom stereocenters. The van der Waals surface area contributed by atoms with Gasteiger partial charge in [-0.25, -0.2) is 8.42 Å². The zero-order chi connectivity index (χ0) is 20.6. The summed E-state index contributed by atoms with van der Waals surface area (Å²) in [6.45, 7) is 2.53. The van der Waals surface area contributed by atoms with Gasteiger partial charge in [-0.1, -0.05) is 11.6 Å². The van der Waals surface area contributed by atoms with E-state index in [2.05, 4.69) is 5.32 Å². The van der Waals surface area contributed by atoms with E-state index in [4.69, 9.17) is 16.3 Å². The smallest absolute Gasteiger partial charge is 0.240 e. The van der Waals surface area contributed by atoms with Gasteiger partial charge in [-0.2, -0.15) is 0 Å². The Labute approximate surface area is 175 Å². The van der Waals surface area contributed by atoms with Crippen LogP contribution in [0.15, 0.2) is 53.4 Å². The number of carbonyl (C=O) groups is 1. The van der Waals surface area contributed by atoms with Crippen LogP contribution >= 0.6 is 23.4 Å². The second-order valence-electron chi connectivity index (χ2n) is 5.85. The molecule has 1 amide bonds. The first kappa shape index (κ1) is 22.4. The number of benzene rings is 2. The molecular weight excluding hydrogens is 420 g/mol. The summed E-state index contributed by atoms with van der Waals surface area (Å²) in [4.78, 5) is 13.3. The van der Waals surface area contributed by atoms with Gasteiger partial charge in [0.2, 0.25) is 15.9 Å². The van der Waals surface area contributed by atoms with E-state index in [-0.39, 0.29) is 12.5 Å². The summed E-state index contributed by atoms with van der Waals surface area (Å²) < 4.78 is 30.7. The Kier molecular flexibility index (Phi) is 8.47. The predicted octanol–water partition coefficient (Wildman–Crippen LogP) is 3.41. The second kappa shape index (κ2) is 10.6. The molecule has 0 fully saturated rings. The van der Waals surface area contributed by atoms with E-state index >= 15 is 0 Å². The van der Waals surface area contributed by atoms with Crippen molar-refractivity contribution in [2.45, 2.75) is 11.8 Å². The number of nitrogens with one attached hydrogen (secondary N) is 1. The molecule has 2 rings (SSSR count). The van der Waals surface area contributed by atoms with Crippen molar-refractivity contribution in [1.29, 1.82) is 0 Å². The third-order valence-electron chi connectivity index (χ3n) is 3.63. The summed E-state index contributed by atoms with van der Waals surface area (Å²) in [7, 11) is -3.60. The van der Waals surface area contributed by atoms with Crippen LogP contribution in [0, 0.1) is 0 Å². The van der Waals surface area contributed by atoms with E-state index in [1.165, 1.54) is 0 Å². The van der Waals surface area contributed by atoms with Crippen molar-refractivity contribution >= 4 is 45.0 Å². The number of hydrogen-bond donors (Lipinski definition) is 1. The molecule has 0 bridgehead atoms. The number of carbonyl (C=O) groups excluding carboxylic acids is 1. The largest absolute Gasteiger partial charge is 0.494 e. The topological polar surface area (TPSA) is 75.7 Å². The number of thioether (sulfide) groups is 1. The number of anilines is 1. The van der Waals surface area contributed by atoms with Crippen molar-refractivity contribution in [2.24, 2.45) is 0 Å². The van der Waals surface area contributed by atoms with E-state index in [9.17, 15) is 13.2 Å². The van der Waals surface area contributed by atoms with Gasteiger partial charge in [0.25, 0.3) is 0 Å². The van der Waals surface area contributed by atoms with Crippen LogP contribution < -0.4 is 14.4 Å². The molecule has 0 aliphatic rings. The maximum absolute atomic E-state index is 12.2. The molecule has 0 aliphatic carbocycles. The quantitative estimate of drug-likeness (QED) is 0.450. The Balaban J connectivity index is 1.89. The normalized spacial score (nSPS) is 11.1. The summed E-state index contributed by atoms with van der Waals surface area (Å²) in [6.07, 6.45) is 1.08. The molecule has 9 heteroatoms. The average Bonchev–Trinajstić information content (AvgIpc) is 2.65. The Morgan fingerprint density at radius 1 is 1.14 bits per heavy atom. The zero-order valence-corrected chi connectivity index (χ0v) is 18.1. The molecule has 0 aromatic heterocycles. The highest BCUT2D eigenvalue weighted by Crippen LogP contribution is 2.22. The molecule has 0 radical (unpaired) electrons. The van der Waals surface area contributed by atoms with Gasteiger partial charge in [0.15, 0.2) is 0 Å². The maximum atomic E-state index is 12.2. The minimum absolute atomic E-state index is 0.279. The number of hydrogen-bond acceptors (Lipinski definition) is 5. The Morgan fingerprint density at radius 2 is 1.79 bits per heavy atom. The standard InChI is InChI=1S/C19H23ClN2O4S2/c1-3-26-17-8-6-16(7-9-17)22(28(2,24)25)14-19(23)21-12-13-27-18-10-4-15(20)5-11-18/h4-11H,3,12-14H2,1-2H3,(H,21,23). The number of amides is 1. The highest BCUT2D eigenvalue weighted by molar-refractivity contribution is 7.99. The predicted molar refractivity (Wildman–Crippen MR) is 115 cm³/mol. The SMILES string of the molecule is CCOc1ccc(N(CC(=O)NCCSc2ccc(Cl)cc2)S(C)(=O)=O)cc1. The van der Waals surface area contributed by atoms with E-state index in [0.717, 1.165) is 15.5 Å². The number of rotatable bonds is 10. The maximum Gasteiger partial charge on any atom is 0.240 e. The van der Waals surface area contributed by atoms with Crippen LogP contribution in [0.25, 0.3) is 0 Å². The zero-order valence-electron chi connectivity index (χ0n) is 15.7. The first-order chi connectivity index (χ1) is 13.3. The van der Waals surface area contributed by atoms with Gasteiger partial charge < -0.3 is 10.1 Å². The molecule has 6 nitrogen and oxygen atoms in total. The number of nitrogens with zero attached hydrogens (tertiary/aromatic N) is 1. The Bertz CT molecular complexity index is 872. The van der Waals surface area contributed by atoms with Crippen LogP contribution in [0.2, 0.25) is 5.02 Å². The second-order valence-corrected chi connectivity index (χ2v) is 9.36. The van der Waals surface area contributed by atoms with Gasteiger partial charge in [0, 0.05) is 22.2 Å². The Morgan fingerprint density at radius 3 is 2.36 bits per heavy atom. The van der Waals surface area contributed by atoms with E-state index in [1.807, 2.05) is 31.2 Å². The molecule has 2 aromatic carbocycles. The number of sulfonamides is 1. The van der Waals surface area contributed by atoms with Crippen molar-refractivity contribution in [3.63, 3.8) is 0 Å². The number of halogens is 1. The fourth-order valence-electron chi connectivity index (χ4n) is 2.35. The third kappa shape index (κ3) is 7.26. The monoisotopic (exact) mass is 442 g/mol. The van der Waals surface area contributed by atoms with Crippen molar-refractivity contribution in [1.82, 2.24) is 5.32 Å². The summed E-state index contributed by atoms with van der Waals surface area (Å²) in [5, 5.41) is 3.43.